The number of nitrogens with one attached hydrogen (secondary N) is 1. The summed E-state index contributed by atoms with van der Waals surface area (Å²) >= 11 is 0. The van der Waals surface area contributed by atoms with Crippen LogP contribution in [0.5, 0.6) is 0 Å². The van der Waals surface area contributed by atoms with E-state index < -0.39 is 0 Å². The number of hydrogen-bond donors (Lipinski definition) is 1. The van der Waals surface area contributed by atoms with Gasteiger partial charge < -0.3 is 10.2 Å². The largest absolute Gasteiger partial charge is 0.348 e. The van der Waals surface area contributed by atoms with E-state index >= 15 is 0 Å². The summed E-state index contributed by atoms with van der Waals surface area (Å²) in [5.74, 6) is 0.0285. The number of piperidine rings is 1. The van der Waals surface area contributed by atoms with E-state index in [4.69, 9.17) is 0 Å². The number of likely N-dealkylation sites (N-methyl/N-ethyl adjacent to an activating group) is 1. The molecular formula is C22H30N2O. The number of amides is 1. The van der Waals surface area contributed by atoms with Crippen molar-refractivity contribution in [1.82, 2.24) is 10.2 Å². The molecule has 1 aliphatic heterocycles. The van der Waals surface area contributed by atoms with Crippen molar-refractivity contribution in [3.63, 3.8) is 0 Å². The Labute approximate surface area is 152 Å². The minimum Gasteiger partial charge on any atom is -0.348 e. The van der Waals surface area contributed by atoms with Crippen LogP contribution in [0.25, 0.3) is 11.1 Å². The van der Waals surface area contributed by atoms with Gasteiger partial charge in [0.15, 0.2) is 0 Å². The van der Waals surface area contributed by atoms with Crippen LogP contribution in [-0.4, -0.2) is 37.0 Å². The molecule has 0 aromatic heterocycles. The zero-order valence-corrected chi connectivity index (χ0v) is 15.9. The van der Waals surface area contributed by atoms with Crippen molar-refractivity contribution in [1.29, 1.82) is 0 Å². The topological polar surface area (TPSA) is 32.3 Å². The minimum atomic E-state index is 0.0285. The van der Waals surface area contributed by atoms with Crippen molar-refractivity contribution in [3.8, 4) is 11.1 Å². The van der Waals surface area contributed by atoms with Gasteiger partial charge in [0.05, 0.1) is 0 Å². The summed E-state index contributed by atoms with van der Waals surface area (Å²) < 4.78 is 0. The van der Waals surface area contributed by atoms with Crippen LogP contribution < -0.4 is 5.32 Å². The molecule has 2 aromatic rings. The van der Waals surface area contributed by atoms with Crippen molar-refractivity contribution in [2.45, 2.75) is 39.7 Å². The van der Waals surface area contributed by atoms with Crippen molar-refractivity contribution >= 4 is 5.91 Å². The molecule has 1 fully saturated rings. The van der Waals surface area contributed by atoms with Gasteiger partial charge in [0.2, 0.25) is 0 Å². The summed E-state index contributed by atoms with van der Waals surface area (Å²) in [6, 6.07) is 16.4. The van der Waals surface area contributed by atoms with Gasteiger partial charge in [0.1, 0.15) is 0 Å². The molecule has 3 rings (SSSR count). The molecule has 0 spiro atoms. The molecule has 1 saturated heterocycles. The van der Waals surface area contributed by atoms with Crippen LogP contribution in [0.1, 0.15) is 42.6 Å². The molecule has 0 aliphatic carbocycles. The molecule has 1 heterocycles. The Morgan fingerprint density at radius 1 is 1.12 bits per heavy atom. The van der Waals surface area contributed by atoms with E-state index in [1.807, 2.05) is 44.2 Å². The average molecular weight is 338 g/mol. The minimum absolute atomic E-state index is 0.0285. The van der Waals surface area contributed by atoms with Gasteiger partial charge in [-0.1, -0.05) is 50.2 Å². The first kappa shape index (κ1) is 19.2. The monoisotopic (exact) mass is 338 g/mol. The van der Waals surface area contributed by atoms with Crippen molar-refractivity contribution in [2.24, 2.45) is 0 Å². The van der Waals surface area contributed by atoms with Gasteiger partial charge in [-0.15, -0.1) is 0 Å². The van der Waals surface area contributed by atoms with Crippen LogP contribution in [0.15, 0.2) is 48.5 Å². The van der Waals surface area contributed by atoms with Crippen LogP contribution in [0, 0.1) is 6.92 Å². The molecule has 1 aliphatic rings. The van der Waals surface area contributed by atoms with Gasteiger partial charge in [0.25, 0.3) is 5.91 Å². The summed E-state index contributed by atoms with van der Waals surface area (Å²) in [4.78, 5) is 14.8. The van der Waals surface area contributed by atoms with Gasteiger partial charge in [-0.05, 0) is 62.2 Å². The van der Waals surface area contributed by atoms with Gasteiger partial charge >= 0.3 is 0 Å². The molecule has 0 bridgehead atoms. The maximum absolute atomic E-state index is 12.6. The Kier molecular flexibility index (Phi) is 7.20. The van der Waals surface area contributed by atoms with E-state index in [-0.39, 0.29) is 11.9 Å². The molecule has 0 saturated carbocycles. The van der Waals surface area contributed by atoms with Gasteiger partial charge in [-0.3, -0.25) is 4.79 Å². The average Bonchev–Trinajstić information content (AvgIpc) is 2.64. The van der Waals surface area contributed by atoms with Crippen LogP contribution >= 0.6 is 0 Å². The smallest absolute Gasteiger partial charge is 0.251 e. The number of hydrogen-bond acceptors (Lipinski definition) is 2. The van der Waals surface area contributed by atoms with Gasteiger partial charge in [0, 0.05) is 18.2 Å². The predicted molar refractivity (Wildman–Crippen MR) is 106 cm³/mol. The number of aryl methyl sites for hydroxylation is 1. The van der Waals surface area contributed by atoms with Crippen molar-refractivity contribution < 1.29 is 4.79 Å². The second-order valence-electron chi connectivity index (χ2n) is 6.47. The molecule has 3 heteroatoms. The molecule has 1 amide bonds. The second kappa shape index (κ2) is 9.38. The van der Waals surface area contributed by atoms with Crippen molar-refractivity contribution in [2.75, 3.05) is 20.1 Å². The predicted octanol–water partition coefficient (Wildman–Crippen LogP) is 4.51. The SMILES string of the molecule is CC.Cc1ccccc1-c1cccc(C(=O)N[C@@H]2CCCN(C)C2)c1. The molecule has 1 atom stereocenters. The molecule has 25 heavy (non-hydrogen) atoms. The maximum Gasteiger partial charge on any atom is 0.251 e. The zero-order valence-electron chi connectivity index (χ0n) is 15.9. The molecule has 0 radical (unpaired) electrons. The molecule has 134 valence electrons. The Bertz CT molecular complexity index is 696. The highest BCUT2D eigenvalue weighted by molar-refractivity contribution is 5.95. The van der Waals surface area contributed by atoms with Crippen molar-refractivity contribution in [3.05, 3.63) is 59.7 Å². The Hall–Kier alpha value is -2.13. The lowest BCUT2D eigenvalue weighted by atomic mass is 9.98. The summed E-state index contributed by atoms with van der Waals surface area (Å²) in [6.45, 7) is 8.15. The maximum atomic E-state index is 12.6. The molecular weight excluding hydrogens is 308 g/mol. The van der Waals surface area contributed by atoms with E-state index in [0.29, 0.717) is 0 Å². The highest BCUT2D eigenvalue weighted by Crippen LogP contribution is 2.24. The standard InChI is InChI=1S/C20H24N2O.C2H6/c1-15-7-3-4-11-19(15)16-8-5-9-17(13-16)20(23)21-18-10-6-12-22(2)14-18;1-2/h3-5,7-9,11,13,18H,6,10,12,14H2,1-2H3,(H,21,23);1-2H3/t18-;/m1./s1. The van der Waals surface area contributed by atoms with Gasteiger partial charge in [-0.2, -0.15) is 0 Å². The number of nitrogens with zero attached hydrogens (tertiary/aromatic N) is 1. The number of carbonyl (C=O) groups is 1. The fourth-order valence-corrected chi connectivity index (χ4v) is 3.28. The van der Waals surface area contributed by atoms with E-state index in [2.05, 4.69) is 42.4 Å². The Balaban J connectivity index is 0.00000109. The van der Waals surface area contributed by atoms with Crippen LogP contribution in [0.3, 0.4) is 0 Å². The quantitative estimate of drug-likeness (QED) is 0.893. The number of likely N-dealkylation sites (tertiary alicyclic amines) is 1. The zero-order chi connectivity index (χ0) is 18.2. The van der Waals surface area contributed by atoms with E-state index in [1.54, 1.807) is 0 Å². The highest BCUT2D eigenvalue weighted by Gasteiger charge is 2.19. The number of benzene rings is 2. The first-order chi connectivity index (χ1) is 12.1. The van der Waals surface area contributed by atoms with E-state index in [1.165, 1.54) is 11.1 Å². The molecule has 2 aromatic carbocycles. The van der Waals surface area contributed by atoms with Gasteiger partial charge in [-0.25, -0.2) is 0 Å². The summed E-state index contributed by atoms with van der Waals surface area (Å²) in [6.07, 6.45) is 2.21. The number of carbonyl (C=O) groups excluding carboxylic acids is 1. The third kappa shape index (κ3) is 5.17. The van der Waals surface area contributed by atoms with E-state index in [0.717, 1.165) is 37.1 Å². The third-order valence-corrected chi connectivity index (χ3v) is 4.54. The summed E-state index contributed by atoms with van der Waals surface area (Å²) in [5.41, 5.74) is 4.23. The highest BCUT2D eigenvalue weighted by atomic mass is 16.1. The number of rotatable bonds is 3. The Morgan fingerprint density at radius 3 is 2.60 bits per heavy atom. The lowest BCUT2D eigenvalue weighted by molar-refractivity contribution is 0.0912. The van der Waals surface area contributed by atoms with Crippen LogP contribution in [-0.2, 0) is 0 Å². The Morgan fingerprint density at radius 2 is 1.88 bits per heavy atom. The molecule has 3 nitrogen and oxygen atoms in total. The normalized spacial score (nSPS) is 17.4. The first-order valence-corrected chi connectivity index (χ1v) is 9.29. The molecule has 1 N–H and O–H groups in total. The first-order valence-electron chi connectivity index (χ1n) is 9.29. The second-order valence-corrected chi connectivity index (χ2v) is 6.47. The third-order valence-electron chi connectivity index (χ3n) is 4.54. The van der Waals surface area contributed by atoms with E-state index in [9.17, 15) is 4.79 Å². The fourth-order valence-electron chi connectivity index (χ4n) is 3.28. The summed E-state index contributed by atoms with van der Waals surface area (Å²) in [5, 5.41) is 3.18. The lowest BCUT2D eigenvalue weighted by Gasteiger charge is -2.30. The molecule has 0 unspecified atom stereocenters. The van der Waals surface area contributed by atoms with Crippen LogP contribution in [0.2, 0.25) is 0 Å². The fraction of sp³-hybridized carbons (Fsp3) is 0.409. The lowest BCUT2D eigenvalue weighted by Crippen LogP contribution is -2.46. The van der Waals surface area contributed by atoms with Crippen LogP contribution in [0.4, 0.5) is 0 Å². The summed E-state index contributed by atoms with van der Waals surface area (Å²) in [7, 11) is 2.11.